The van der Waals surface area contributed by atoms with Crippen LogP contribution in [0.5, 0.6) is 0 Å². The molecule has 0 spiro atoms. The Balaban J connectivity index is 2.54. The van der Waals surface area contributed by atoms with Crippen LogP contribution in [-0.4, -0.2) is 14.8 Å². The zero-order valence-electron chi connectivity index (χ0n) is 15.6. The van der Waals surface area contributed by atoms with Crippen LogP contribution in [0.2, 0.25) is 25.1 Å². The summed E-state index contributed by atoms with van der Waals surface area (Å²) in [6.07, 6.45) is 4.98. The Morgan fingerprint density at radius 1 is 1.00 bits per heavy atom. The fourth-order valence-corrected chi connectivity index (χ4v) is 5.91. The minimum Gasteiger partial charge on any atom is -0.109 e. The quantitative estimate of drug-likeness (QED) is 0.669. The topological polar surface area (TPSA) is 0 Å². The van der Waals surface area contributed by atoms with Gasteiger partial charge in [-0.15, -0.1) is 5.98 Å². The predicted molar refractivity (Wildman–Crippen MR) is 105 cm³/mol. The largest absolute Gasteiger partial charge is 0.205 e. The Labute approximate surface area is 138 Å². The molecule has 0 nitrogen and oxygen atoms in total. The van der Waals surface area contributed by atoms with Crippen LogP contribution in [0.3, 0.4) is 0 Å². The van der Waals surface area contributed by atoms with Crippen molar-refractivity contribution in [2.45, 2.75) is 59.7 Å². The van der Waals surface area contributed by atoms with Gasteiger partial charge in [-0.3, -0.25) is 0 Å². The van der Waals surface area contributed by atoms with Crippen molar-refractivity contribution in [3.8, 4) is 0 Å². The molecule has 0 bridgehead atoms. The van der Waals surface area contributed by atoms with Crippen molar-refractivity contribution in [1.29, 1.82) is 0 Å². The first-order chi connectivity index (χ1) is 10.1. The van der Waals surface area contributed by atoms with Gasteiger partial charge in [-0.1, -0.05) is 85.5 Å². The van der Waals surface area contributed by atoms with Gasteiger partial charge in [0.15, 0.2) is 0 Å². The van der Waals surface area contributed by atoms with Gasteiger partial charge < -0.3 is 0 Å². The van der Waals surface area contributed by atoms with Crippen molar-refractivity contribution >= 4 is 20.2 Å². The number of allylic oxidation sites excluding steroid dienone is 3. The number of aryl methyl sites for hydroxylation is 3. The highest BCUT2D eigenvalue weighted by Gasteiger charge is 2.37. The van der Waals surface area contributed by atoms with Gasteiger partial charge in [-0.25, -0.2) is 0 Å². The van der Waals surface area contributed by atoms with E-state index in [1.54, 1.807) is 5.46 Å². The lowest BCUT2D eigenvalue weighted by molar-refractivity contribution is 0.786. The van der Waals surface area contributed by atoms with Crippen LogP contribution in [0.25, 0.3) is 0 Å². The molecule has 1 atom stereocenters. The number of hydrogen-bond acceptors (Lipinski definition) is 0. The second-order valence-corrected chi connectivity index (χ2v) is 13.8. The summed E-state index contributed by atoms with van der Waals surface area (Å²) in [5, 5.41) is 0. The molecule has 0 saturated carbocycles. The van der Waals surface area contributed by atoms with Crippen LogP contribution >= 0.6 is 0 Å². The molecule has 1 unspecified atom stereocenters. The van der Waals surface area contributed by atoms with Gasteiger partial charge in [-0.2, -0.15) is 0 Å². The van der Waals surface area contributed by atoms with Crippen LogP contribution < -0.4 is 5.46 Å². The number of rotatable bonds is 3. The van der Waals surface area contributed by atoms with Gasteiger partial charge in [0.2, 0.25) is 6.71 Å². The lowest BCUT2D eigenvalue weighted by Gasteiger charge is -2.35. The average Bonchev–Trinajstić information content (AvgIpc) is 2.36. The summed E-state index contributed by atoms with van der Waals surface area (Å²) in [4.78, 5) is 0. The van der Waals surface area contributed by atoms with E-state index in [4.69, 9.17) is 0 Å². The van der Waals surface area contributed by atoms with E-state index in [2.05, 4.69) is 84.5 Å². The molecule has 1 aliphatic heterocycles. The van der Waals surface area contributed by atoms with Crippen molar-refractivity contribution in [3.05, 3.63) is 52.5 Å². The molecule has 0 aliphatic carbocycles. The van der Waals surface area contributed by atoms with E-state index < -0.39 is 8.07 Å². The molecule has 0 radical (unpaired) electrons. The maximum Gasteiger partial charge on any atom is 0.205 e. The Morgan fingerprint density at radius 2 is 1.55 bits per heavy atom. The first-order valence-corrected chi connectivity index (χ1v) is 12.2. The third kappa shape index (κ3) is 3.48. The number of hydrogen-bond donors (Lipinski definition) is 0. The molecule has 0 saturated heterocycles. The average molecular weight is 310 g/mol. The van der Waals surface area contributed by atoms with E-state index in [9.17, 15) is 0 Å². The van der Waals surface area contributed by atoms with Gasteiger partial charge in [-0.05, 0) is 32.1 Å². The van der Waals surface area contributed by atoms with Crippen molar-refractivity contribution < 1.29 is 0 Å². The first-order valence-electron chi connectivity index (χ1n) is 8.59. The molecule has 22 heavy (non-hydrogen) atoms. The van der Waals surface area contributed by atoms with Crippen LogP contribution in [0, 0.1) is 26.7 Å². The minimum atomic E-state index is -1.28. The Bertz CT molecular complexity index is 594. The van der Waals surface area contributed by atoms with Crippen molar-refractivity contribution in [2.24, 2.45) is 5.92 Å². The van der Waals surface area contributed by atoms with Crippen molar-refractivity contribution in [3.63, 3.8) is 0 Å². The molecule has 0 amide bonds. The maximum absolute atomic E-state index is 2.60. The molecule has 1 aromatic carbocycles. The number of benzene rings is 1. The van der Waals surface area contributed by atoms with Crippen molar-refractivity contribution in [2.75, 3.05) is 0 Å². The van der Waals surface area contributed by atoms with Crippen LogP contribution in [0.1, 0.15) is 30.5 Å². The molecule has 1 aliphatic rings. The summed E-state index contributed by atoms with van der Waals surface area (Å²) in [5.41, 5.74) is 8.06. The third-order valence-corrected chi connectivity index (χ3v) is 7.52. The highest BCUT2D eigenvalue weighted by atomic mass is 28.3. The SMILES string of the molecule is Cc1cc(C)c(B2C=CC(C(C)C)=CC2[Si](C)(C)C)c(C)c1. The second-order valence-electron chi connectivity index (χ2n) is 8.41. The summed E-state index contributed by atoms with van der Waals surface area (Å²) in [6, 6.07) is 4.69. The van der Waals surface area contributed by atoms with E-state index in [-0.39, 0.29) is 0 Å². The highest BCUT2D eigenvalue weighted by molar-refractivity contribution is 6.97. The van der Waals surface area contributed by atoms with Gasteiger partial charge in [0.25, 0.3) is 0 Å². The van der Waals surface area contributed by atoms with E-state index in [1.807, 2.05) is 0 Å². The minimum absolute atomic E-state index is 0.551. The van der Waals surface area contributed by atoms with Crippen LogP contribution in [0.15, 0.2) is 35.8 Å². The molecule has 0 N–H and O–H groups in total. The fourth-order valence-electron chi connectivity index (χ4n) is 3.87. The smallest absolute Gasteiger partial charge is 0.109 e. The van der Waals surface area contributed by atoms with E-state index in [0.29, 0.717) is 18.1 Å². The standard InChI is InChI=1S/C20H31BSi/c1-14(2)18-9-10-21(19(13-18)22(6,7)8)20-16(4)11-15(3)12-17(20)5/h9-14,19H,1-8H3. The van der Waals surface area contributed by atoms with Gasteiger partial charge in [0.05, 0.1) is 0 Å². The molecule has 1 heterocycles. The monoisotopic (exact) mass is 310 g/mol. The lowest BCUT2D eigenvalue weighted by Crippen LogP contribution is -2.47. The van der Waals surface area contributed by atoms with E-state index >= 15 is 0 Å². The Morgan fingerprint density at radius 3 is 2.00 bits per heavy atom. The van der Waals surface area contributed by atoms with Crippen LogP contribution in [0.4, 0.5) is 0 Å². The Hall–Kier alpha value is -1.02. The van der Waals surface area contributed by atoms with Gasteiger partial charge >= 0.3 is 0 Å². The molecular formula is C20H31BSi. The lowest BCUT2D eigenvalue weighted by atomic mass is 9.39. The summed E-state index contributed by atoms with van der Waals surface area (Å²) in [6.45, 7) is 19.5. The van der Waals surface area contributed by atoms with E-state index in [1.165, 1.54) is 22.3 Å². The Kier molecular flexibility index (Phi) is 4.91. The molecular weight excluding hydrogens is 279 g/mol. The zero-order valence-corrected chi connectivity index (χ0v) is 16.6. The normalized spacial score (nSPS) is 18.9. The summed E-state index contributed by atoms with van der Waals surface area (Å²) in [7, 11) is -1.28. The molecule has 0 fully saturated rings. The first kappa shape index (κ1) is 17.3. The van der Waals surface area contributed by atoms with Gasteiger partial charge in [0, 0.05) is 8.07 Å². The second kappa shape index (κ2) is 6.23. The van der Waals surface area contributed by atoms with Crippen molar-refractivity contribution in [1.82, 2.24) is 0 Å². The summed E-state index contributed by atoms with van der Waals surface area (Å²) in [5.74, 6) is 3.11. The summed E-state index contributed by atoms with van der Waals surface area (Å²) >= 11 is 0. The molecule has 2 rings (SSSR count). The third-order valence-electron chi connectivity index (χ3n) is 4.99. The van der Waals surface area contributed by atoms with Gasteiger partial charge in [0.1, 0.15) is 0 Å². The predicted octanol–water partition coefficient (Wildman–Crippen LogP) is 5.25. The summed E-state index contributed by atoms with van der Waals surface area (Å²) < 4.78 is 0. The molecule has 0 aromatic heterocycles. The van der Waals surface area contributed by atoms with E-state index in [0.717, 1.165) is 0 Å². The maximum atomic E-state index is 2.60. The molecule has 1 aromatic rings. The molecule has 2 heteroatoms. The van der Waals surface area contributed by atoms with Crippen LogP contribution in [-0.2, 0) is 0 Å². The highest BCUT2D eigenvalue weighted by Crippen LogP contribution is 2.34. The zero-order chi connectivity index (χ0) is 16.7. The fraction of sp³-hybridized carbons (Fsp3) is 0.500. The molecule has 118 valence electrons.